The maximum Gasteiger partial charge on any atom is 0.490 e. The Morgan fingerprint density at radius 1 is 1.30 bits per heavy atom. The highest BCUT2D eigenvalue weighted by Crippen LogP contribution is 2.33. The second kappa shape index (κ2) is 9.57. The molecule has 1 saturated carbocycles. The molecule has 30 heavy (non-hydrogen) atoms. The number of rotatable bonds is 6. The van der Waals surface area contributed by atoms with Crippen molar-refractivity contribution in [2.45, 2.75) is 38.0 Å². The summed E-state index contributed by atoms with van der Waals surface area (Å²) in [6.07, 6.45) is 2.52. The minimum atomic E-state index is -5.08. The fourth-order valence-corrected chi connectivity index (χ4v) is 3.41. The van der Waals surface area contributed by atoms with Gasteiger partial charge >= 0.3 is 12.1 Å². The van der Waals surface area contributed by atoms with Crippen molar-refractivity contribution in [1.82, 2.24) is 19.7 Å². The van der Waals surface area contributed by atoms with Gasteiger partial charge in [0.2, 0.25) is 0 Å². The number of halogens is 3. The summed E-state index contributed by atoms with van der Waals surface area (Å²) < 4.78 is 39.8. The van der Waals surface area contributed by atoms with Gasteiger partial charge in [0, 0.05) is 32.9 Å². The van der Waals surface area contributed by atoms with Crippen LogP contribution in [0.5, 0.6) is 0 Å². The van der Waals surface area contributed by atoms with Gasteiger partial charge in [-0.2, -0.15) is 18.3 Å². The van der Waals surface area contributed by atoms with Crippen molar-refractivity contribution < 1.29 is 27.8 Å². The van der Waals surface area contributed by atoms with Crippen molar-refractivity contribution >= 4 is 5.97 Å². The Labute approximate surface area is 172 Å². The van der Waals surface area contributed by atoms with Crippen LogP contribution in [-0.4, -0.2) is 56.7 Å². The summed E-state index contributed by atoms with van der Waals surface area (Å²) >= 11 is 0. The number of carboxylic acid groups (broad SMARTS) is 1. The molecule has 1 atom stereocenters. The van der Waals surface area contributed by atoms with Gasteiger partial charge in [0.15, 0.2) is 0 Å². The lowest BCUT2D eigenvalue weighted by atomic mass is 10.00. The minimum absolute atomic E-state index is 0.270. The Kier molecular flexibility index (Phi) is 7.09. The molecule has 0 amide bonds. The van der Waals surface area contributed by atoms with Gasteiger partial charge in [0.1, 0.15) is 0 Å². The molecule has 0 radical (unpaired) electrons. The van der Waals surface area contributed by atoms with Gasteiger partial charge in [-0.25, -0.2) is 4.79 Å². The zero-order valence-electron chi connectivity index (χ0n) is 16.7. The molecule has 1 unspecified atom stereocenters. The quantitative estimate of drug-likeness (QED) is 0.765. The Balaban J connectivity index is 0.000000318. The van der Waals surface area contributed by atoms with E-state index >= 15 is 0 Å². The summed E-state index contributed by atoms with van der Waals surface area (Å²) in [5.74, 6) is -1.96. The van der Waals surface area contributed by atoms with E-state index in [-0.39, 0.29) is 6.04 Å². The summed E-state index contributed by atoms with van der Waals surface area (Å²) in [4.78, 5) is 15.9. The number of aromatic nitrogens is 3. The number of ether oxygens (including phenoxy) is 1. The molecule has 1 fully saturated rings. The lowest BCUT2D eigenvalue weighted by Gasteiger charge is -2.35. The van der Waals surface area contributed by atoms with E-state index in [1.165, 1.54) is 24.1 Å². The fourth-order valence-electron chi connectivity index (χ4n) is 3.41. The van der Waals surface area contributed by atoms with E-state index in [4.69, 9.17) is 14.6 Å². The molecular weight excluding hydrogens is 401 g/mol. The molecule has 2 aromatic heterocycles. The van der Waals surface area contributed by atoms with Crippen LogP contribution in [0.4, 0.5) is 13.2 Å². The number of hydrogen-bond acceptors (Lipinski definition) is 5. The monoisotopic (exact) mass is 426 g/mol. The number of aryl methyl sites for hydroxylation is 1. The first kappa shape index (κ1) is 22.2. The second-order valence-electron chi connectivity index (χ2n) is 7.52. The minimum Gasteiger partial charge on any atom is -0.475 e. The molecule has 0 saturated heterocycles. The van der Waals surface area contributed by atoms with Gasteiger partial charge < -0.3 is 9.84 Å². The van der Waals surface area contributed by atoms with Crippen molar-refractivity contribution in [2.75, 3.05) is 19.8 Å². The highest BCUT2D eigenvalue weighted by atomic mass is 19.4. The maximum absolute atomic E-state index is 10.6. The van der Waals surface area contributed by atoms with Crippen LogP contribution < -0.4 is 0 Å². The zero-order chi connectivity index (χ0) is 21.7. The van der Waals surface area contributed by atoms with Crippen LogP contribution in [0.15, 0.2) is 30.6 Å². The molecule has 2 aliphatic rings. The van der Waals surface area contributed by atoms with Crippen LogP contribution in [0.2, 0.25) is 0 Å². The van der Waals surface area contributed by atoms with Crippen LogP contribution >= 0.6 is 0 Å². The van der Waals surface area contributed by atoms with E-state index in [0.29, 0.717) is 0 Å². The molecule has 1 aliphatic carbocycles. The Hall–Kier alpha value is -2.46. The average molecular weight is 426 g/mol. The number of hydrogen-bond donors (Lipinski definition) is 1. The number of carboxylic acids is 1. The summed E-state index contributed by atoms with van der Waals surface area (Å²) in [5.41, 5.74) is 3.79. The van der Waals surface area contributed by atoms with E-state index in [2.05, 4.69) is 27.1 Å². The first-order valence-electron chi connectivity index (χ1n) is 9.78. The summed E-state index contributed by atoms with van der Waals surface area (Å²) in [6, 6.07) is 6.39. The van der Waals surface area contributed by atoms with Crippen molar-refractivity contribution in [3.63, 3.8) is 0 Å². The Bertz CT molecular complexity index is 838. The first-order valence-corrected chi connectivity index (χ1v) is 9.78. The fraction of sp³-hybridized carbons (Fsp3) is 0.550. The highest BCUT2D eigenvalue weighted by Gasteiger charge is 2.38. The van der Waals surface area contributed by atoms with E-state index in [9.17, 15) is 13.2 Å². The number of pyridine rings is 1. The molecule has 2 aromatic rings. The molecule has 4 rings (SSSR count). The van der Waals surface area contributed by atoms with Gasteiger partial charge in [-0.05, 0) is 42.9 Å². The summed E-state index contributed by atoms with van der Waals surface area (Å²) in [7, 11) is 2.04. The molecule has 164 valence electrons. The normalized spacial score (nSPS) is 19.0. The number of fused-ring (bicyclic) bond motifs is 1. The van der Waals surface area contributed by atoms with Crippen molar-refractivity contribution in [2.24, 2.45) is 13.0 Å². The van der Waals surface area contributed by atoms with Gasteiger partial charge in [-0.3, -0.25) is 14.6 Å². The van der Waals surface area contributed by atoms with E-state index in [1.54, 1.807) is 0 Å². The standard InChI is InChI=1S/C18H24N4O.C2HF3O2/c1-21-18-15(10-20-21)7-9-22(11-16-4-2-3-8-19-16)17(18)13-23-12-14-5-6-14;3-2(4,5)1(6)7/h2-4,8,10,14,17H,5-7,9,11-13H2,1H3;(H,6,7). The average Bonchev–Trinajstić information content (AvgIpc) is 3.45. The topological polar surface area (TPSA) is 80.5 Å². The molecular formula is C20H25F3N4O3. The number of alkyl halides is 3. The Morgan fingerprint density at radius 2 is 2.03 bits per heavy atom. The first-order chi connectivity index (χ1) is 14.3. The highest BCUT2D eigenvalue weighted by molar-refractivity contribution is 5.73. The van der Waals surface area contributed by atoms with E-state index in [1.807, 2.05) is 30.2 Å². The second-order valence-corrected chi connectivity index (χ2v) is 7.52. The van der Waals surface area contributed by atoms with Gasteiger partial charge in [-0.1, -0.05) is 6.07 Å². The van der Waals surface area contributed by atoms with Crippen LogP contribution in [0, 0.1) is 5.92 Å². The van der Waals surface area contributed by atoms with Crippen molar-refractivity contribution in [3.8, 4) is 0 Å². The van der Waals surface area contributed by atoms with Gasteiger partial charge in [-0.15, -0.1) is 0 Å². The van der Waals surface area contributed by atoms with Crippen molar-refractivity contribution in [1.29, 1.82) is 0 Å². The van der Waals surface area contributed by atoms with Gasteiger partial charge in [0.05, 0.1) is 30.2 Å². The van der Waals surface area contributed by atoms with Crippen LogP contribution in [-0.2, 0) is 29.5 Å². The largest absolute Gasteiger partial charge is 0.490 e. The lowest BCUT2D eigenvalue weighted by molar-refractivity contribution is -0.192. The third-order valence-corrected chi connectivity index (χ3v) is 5.15. The predicted octanol–water partition coefficient (Wildman–Crippen LogP) is 2.97. The Morgan fingerprint density at radius 3 is 2.63 bits per heavy atom. The third kappa shape index (κ3) is 6.02. The predicted molar refractivity (Wildman–Crippen MR) is 102 cm³/mol. The van der Waals surface area contributed by atoms with Crippen LogP contribution in [0.25, 0.3) is 0 Å². The maximum atomic E-state index is 10.6. The molecule has 0 aromatic carbocycles. The number of carbonyl (C=O) groups is 1. The zero-order valence-corrected chi connectivity index (χ0v) is 16.7. The third-order valence-electron chi connectivity index (χ3n) is 5.15. The lowest BCUT2D eigenvalue weighted by Crippen LogP contribution is -2.38. The summed E-state index contributed by atoms with van der Waals surface area (Å²) in [6.45, 7) is 3.55. The van der Waals surface area contributed by atoms with Crippen molar-refractivity contribution in [3.05, 3.63) is 47.5 Å². The van der Waals surface area contributed by atoms with E-state index < -0.39 is 12.1 Å². The molecule has 1 aliphatic heterocycles. The smallest absolute Gasteiger partial charge is 0.475 e. The molecule has 7 nitrogen and oxygen atoms in total. The number of aliphatic carboxylic acids is 1. The van der Waals surface area contributed by atoms with Crippen LogP contribution in [0.1, 0.15) is 35.8 Å². The molecule has 0 bridgehead atoms. The molecule has 0 spiro atoms. The van der Waals surface area contributed by atoms with Crippen LogP contribution in [0.3, 0.4) is 0 Å². The molecule has 3 heterocycles. The molecule has 10 heteroatoms. The molecule has 1 N–H and O–H groups in total. The number of nitrogens with zero attached hydrogens (tertiary/aromatic N) is 4. The SMILES string of the molecule is Cn1ncc2c1C(COCC1CC1)N(Cc1ccccn1)CC2.O=C(O)C(F)(F)F. The summed E-state index contributed by atoms with van der Waals surface area (Å²) in [5, 5.41) is 11.6. The van der Waals surface area contributed by atoms with E-state index in [0.717, 1.165) is 44.3 Å². The van der Waals surface area contributed by atoms with Gasteiger partial charge in [0.25, 0.3) is 0 Å².